The monoisotopic (exact) mass is 370 g/mol. The molecule has 0 spiro atoms. The van der Waals surface area contributed by atoms with Crippen LogP contribution in [0.4, 0.5) is 0 Å². The van der Waals surface area contributed by atoms with Crippen molar-refractivity contribution in [3.05, 3.63) is 19.8 Å². The molecule has 84 valence electrons. The van der Waals surface area contributed by atoms with Crippen molar-refractivity contribution in [1.82, 2.24) is 0 Å². The molecule has 1 aromatic heterocycles. The van der Waals surface area contributed by atoms with Crippen LogP contribution >= 0.6 is 54.8 Å². The number of rotatable bonds is 2. The van der Waals surface area contributed by atoms with E-state index in [4.69, 9.17) is 11.6 Å². The topological polar surface area (TPSA) is 0 Å². The fourth-order valence-corrected chi connectivity index (χ4v) is 4.92. The van der Waals surface area contributed by atoms with Crippen molar-refractivity contribution in [3.63, 3.8) is 0 Å². The Morgan fingerprint density at radius 2 is 2.00 bits per heavy atom. The first kappa shape index (κ1) is 12.4. The summed E-state index contributed by atoms with van der Waals surface area (Å²) in [4.78, 5) is 1.85. The summed E-state index contributed by atoms with van der Waals surface area (Å²) in [5.41, 5.74) is 0. The van der Waals surface area contributed by atoms with Gasteiger partial charge in [-0.2, -0.15) is 0 Å². The Bertz CT molecular complexity index is 312. The van der Waals surface area contributed by atoms with E-state index in [2.05, 4.69) is 37.9 Å². The van der Waals surface area contributed by atoms with Gasteiger partial charge in [-0.3, -0.25) is 0 Å². The summed E-state index contributed by atoms with van der Waals surface area (Å²) in [6.45, 7) is 0. The molecule has 0 amide bonds. The van der Waals surface area contributed by atoms with Crippen LogP contribution in [-0.4, -0.2) is 0 Å². The van der Waals surface area contributed by atoms with Gasteiger partial charge in [-0.1, -0.05) is 46.8 Å². The van der Waals surface area contributed by atoms with E-state index in [1.807, 2.05) is 0 Å². The second kappa shape index (κ2) is 5.52. The van der Waals surface area contributed by atoms with Crippen molar-refractivity contribution in [2.24, 2.45) is 5.92 Å². The standard InChI is InChI=1S/C11H13Br2ClS/c12-10(7-4-2-1-3-5-7)9-6-8(14)11(13)15-9/h6-7,10H,1-5H2. The lowest BCUT2D eigenvalue weighted by Gasteiger charge is -2.25. The van der Waals surface area contributed by atoms with E-state index in [0.29, 0.717) is 4.83 Å². The molecule has 0 nitrogen and oxygen atoms in total. The zero-order chi connectivity index (χ0) is 10.8. The van der Waals surface area contributed by atoms with Crippen LogP contribution in [0.1, 0.15) is 41.8 Å². The maximum absolute atomic E-state index is 6.06. The summed E-state index contributed by atoms with van der Waals surface area (Å²) >= 11 is 15.1. The van der Waals surface area contributed by atoms with Gasteiger partial charge in [-0.15, -0.1) is 11.3 Å². The van der Waals surface area contributed by atoms with E-state index in [-0.39, 0.29) is 0 Å². The number of thiophene rings is 1. The van der Waals surface area contributed by atoms with Crippen LogP contribution in [0, 0.1) is 5.92 Å². The predicted octanol–water partition coefficient (Wildman–Crippen LogP) is 6.18. The van der Waals surface area contributed by atoms with Crippen molar-refractivity contribution in [3.8, 4) is 0 Å². The van der Waals surface area contributed by atoms with E-state index in [9.17, 15) is 0 Å². The molecule has 0 saturated heterocycles. The minimum absolute atomic E-state index is 0.492. The smallest absolute Gasteiger partial charge is 0.0887 e. The zero-order valence-corrected chi connectivity index (χ0v) is 13.1. The van der Waals surface area contributed by atoms with Gasteiger partial charge in [0.2, 0.25) is 0 Å². The highest BCUT2D eigenvalue weighted by Crippen LogP contribution is 2.45. The Morgan fingerprint density at radius 1 is 1.33 bits per heavy atom. The molecule has 0 bridgehead atoms. The Balaban J connectivity index is 2.08. The van der Waals surface area contributed by atoms with Gasteiger partial charge in [0.15, 0.2) is 0 Å². The van der Waals surface area contributed by atoms with Crippen LogP contribution in [0.5, 0.6) is 0 Å². The molecule has 1 atom stereocenters. The Kier molecular flexibility index (Phi) is 4.57. The molecule has 1 heterocycles. The molecular formula is C11H13Br2ClS. The molecule has 0 aromatic carbocycles. The van der Waals surface area contributed by atoms with Gasteiger partial charge < -0.3 is 0 Å². The fourth-order valence-electron chi connectivity index (χ4n) is 2.16. The van der Waals surface area contributed by atoms with E-state index in [1.165, 1.54) is 37.0 Å². The lowest BCUT2D eigenvalue weighted by Crippen LogP contribution is -2.10. The third kappa shape index (κ3) is 2.99. The van der Waals surface area contributed by atoms with Crippen LogP contribution in [0.2, 0.25) is 5.02 Å². The molecule has 15 heavy (non-hydrogen) atoms. The summed E-state index contributed by atoms with van der Waals surface area (Å²) in [5, 5.41) is 0.843. The van der Waals surface area contributed by atoms with Gasteiger partial charge in [-0.05, 0) is 40.8 Å². The second-order valence-electron chi connectivity index (χ2n) is 4.07. The van der Waals surface area contributed by atoms with E-state index >= 15 is 0 Å². The van der Waals surface area contributed by atoms with Crippen LogP contribution in [0.3, 0.4) is 0 Å². The van der Waals surface area contributed by atoms with Crippen LogP contribution in [0.25, 0.3) is 0 Å². The molecular weight excluding hydrogens is 359 g/mol. The van der Waals surface area contributed by atoms with Gasteiger partial charge >= 0.3 is 0 Å². The van der Waals surface area contributed by atoms with Crippen molar-refractivity contribution in [1.29, 1.82) is 0 Å². The maximum Gasteiger partial charge on any atom is 0.0887 e. The number of halogens is 3. The van der Waals surface area contributed by atoms with Gasteiger partial charge in [0.05, 0.1) is 13.6 Å². The molecule has 0 radical (unpaired) electrons. The van der Waals surface area contributed by atoms with Crippen LogP contribution < -0.4 is 0 Å². The van der Waals surface area contributed by atoms with Crippen molar-refractivity contribution in [2.75, 3.05) is 0 Å². The average molecular weight is 373 g/mol. The highest BCUT2D eigenvalue weighted by atomic mass is 79.9. The molecule has 1 aromatic rings. The van der Waals surface area contributed by atoms with E-state index < -0.39 is 0 Å². The van der Waals surface area contributed by atoms with Crippen molar-refractivity contribution in [2.45, 2.75) is 36.9 Å². The number of hydrogen-bond acceptors (Lipinski definition) is 1. The van der Waals surface area contributed by atoms with Gasteiger partial charge in [0.1, 0.15) is 0 Å². The SMILES string of the molecule is Clc1cc(C(Br)C2CCCCC2)sc1Br. The van der Waals surface area contributed by atoms with Gasteiger partial charge in [-0.25, -0.2) is 0 Å². The fraction of sp³-hybridized carbons (Fsp3) is 0.636. The molecule has 1 aliphatic rings. The first-order valence-corrected chi connectivity index (χ1v) is 8.17. The summed E-state index contributed by atoms with van der Waals surface area (Å²) in [5.74, 6) is 0.792. The second-order valence-corrected chi connectivity index (χ2v) is 7.87. The molecule has 1 fully saturated rings. The highest BCUT2D eigenvalue weighted by molar-refractivity contribution is 9.11. The third-order valence-electron chi connectivity index (χ3n) is 3.00. The molecule has 1 saturated carbocycles. The molecule has 4 heteroatoms. The Morgan fingerprint density at radius 3 is 2.53 bits per heavy atom. The Hall–Kier alpha value is 0.950. The summed E-state index contributed by atoms with van der Waals surface area (Å²) < 4.78 is 1.06. The van der Waals surface area contributed by atoms with Gasteiger partial charge in [0, 0.05) is 4.88 Å². The molecule has 0 aliphatic heterocycles. The number of alkyl halides is 1. The van der Waals surface area contributed by atoms with Gasteiger partial charge in [0.25, 0.3) is 0 Å². The quantitative estimate of drug-likeness (QED) is 0.544. The average Bonchev–Trinajstić information content (AvgIpc) is 2.59. The minimum atomic E-state index is 0.492. The van der Waals surface area contributed by atoms with Crippen molar-refractivity contribution < 1.29 is 0 Å². The summed E-state index contributed by atoms with van der Waals surface area (Å²) in [6, 6.07) is 2.09. The normalized spacial score (nSPS) is 20.5. The summed E-state index contributed by atoms with van der Waals surface area (Å²) in [7, 11) is 0. The summed E-state index contributed by atoms with van der Waals surface area (Å²) in [6.07, 6.45) is 6.87. The third-order valence-corrected chi connectivity index (χ3v) is 7.10. The van der Waals surface area contributed by atoms with E-state index in [0.717, 1.165) is 14.7 Å². The largest absolute Gasteiger partial charge is 0.130 e. The van der Waals surface area contributed by atoms with Crippen LogP contribution in [-0.2, 0) is 0 Å². The molecule has 0 N–H and O–H groups in total. The molecule has 1 aliphatic carbocycles. The minimum Gasteiger partial charge on any atom is -0.130 e. The zero-order valence-electron chi connectivity index (χ0n) is 8.31. The van der Waals surface area contributed by atoms with E-state index in [1.54, 1.807) is 11.3 Å². The van der Waals surface area contributed by atoms with Crippen LogP contribution in [0.15, 0.2) is 9.85 Å². The first-order valence-electron chi connectivity index (χ1n) is 5.27. The maximum atomic E-state index is 6.06. The Labute approximate surface area is 117 Å². The number of hydrogen-bond donors (Lipinski definition) is 0. The van der Waals surface area contributed by atoms with Crippen molar-refractivity contribution >= 4 is 54.8 Å². The molecule has 1 unspecified atom stereocenters. The predicted molar refractivity (Wildman–Crippen MR) is 75.3 cm³/mol. The highest BCUT2D eigenvalue weighted by Gasteiger charge is 2.24. The first-order chi connectivity index (χ1) is 7.18. The lowest BCUT2D eigenvalue weighted by molar-refractivity contribution is 0.356. The lowest BCUT2D eigenvalue weighted by atomic mass is 9.86. The molecule has 2 rings (SSSR count).